The van der Waals surface area contributed by atoms with E-state index in [-0.39, 0.29) is 58.0 Å². The molecular formula is C37H28N6O8. The summed E-state index contributed by atoms with van der Waals surface area (Å²) in [5.41, 5.74) is 3.63. The molecule has 51 heavy (non-hydrogen) atoms. The van der Waals surface area contributed by atoms with E-state index in [4.69, 9.17) is 0 Å². The van der Waals surface area contributed by atoms with E-state index >= 15 is 0 Å². The van der Waals surface area contributed by atoms with Crippen LogP contribution >= 0.6 is 0 Å². The van der Waals surface area contributed by atoms with Crippen LogP contribution in [-0.4, -0.2) is 71.3 Å². The molecule has 254 valence electrons. The summed E-state index contributed by atoms with van der Waals surface area (Å²) in [5.74, 6) is -3.57. The maximum absolute atomic E-state index is 13.0. The Bertz CT molecular complexity index is 2210. The van der Waals surface area contributed by atoms with Crippen LogP contribution < -0.4 is 26.6 Å². The molecule has 14 nitrogen and oxygen atoms in total. The molecule has 3 aliphatic rings. The number of rotatable bonds is 8. The van der Waals surface area contributed by atoms with Gasteiger partial charge in [-0.25, -0.2) is 0 Å². The fourth-order valence-electron chi connectivity index (χ4n) is 6.10. The van der Waals surface area contributed by atoms with Crippen molar-refractivity contribution < 1.29 is 38.4 Å². The minimum absolute atomic E-state index is 0.138. The van der Waals surface area contributed by atoms with E-state index in [1.165, 1.54) is 43.4 Å². The SMILES string of the molecule is CN1C(=O)c2ccc(C(=O)Nc3ccc(CC4NC(=O)C(Cc5ccc(NC(=O)c6ccc7c(c6)C(=O)NC7=O)cc5)NC4=O)cc3)cc2C1=O. The number of nitrogens with one attached hydrogen (secondary N) is 5. The summed E-state index contributed by atoms with van der Waals surface area (Å²) in [5, 5.41) is 13.2. The highest BCUT2D eigenvalue weighted by atomic mass is 16.2. The first-order chi connectivity index (χ1) is 24.4. The number of anilines is 2. The Balaban J connectivity index is 0.905. The average Bonchev–Trinajstić information content (AvgIpc) is 3.53. The highest BCUT2D eigenvalue weighted by molar-refractivity contribution is 6.23. The summed E-state index contributed by atoms with van der Waals surface area (Å²) in [6.07, 6.45) is 0.429. The van der Waals surface area contributed by atoms with Gasteiger partial charge in [0.25, 0.3) is 35.4 Å². The van der Waals surface area contributed by atoms with Gasteiger partial charge in [-0.1, -0.05) is 24.3 Å². The Morgan fingerprint density at radius 2 is 1.00 bits per heavy atom. The van der Waals surface area contributed by atoms with Gasteiger partial charge in [0.2, 0.25) is 11.8 Å². The maximum atomic E-state index is 13.0. The zero-order valence-corrected chi connectivity index (χ0v) is 26.9. The van der Waals surface area contributed by atoms with Crippen LogP contribution in [0.5, 0.6) is 0 Å². The minimum Gasteiger partial charge on any atom is -0.342 e. The van der Waals surface area contributed by atoms with Gasteiger partial charge in [0, 0.05) is 42.4 Å². The second-order valence-electron chi connectivity index (χ2n) is 12.3. The summed E-state index contributed by atoms with van der Waals surface area (Å²) in [4.78, 5) is 101. The smallest absolute Gasteiger partial charge is 0.261 e. The second kappa shape index (κ2) is 12.8. The molecule has 0 aliphatic carbocycles. The number of carbonyl (C=O) groups is 8. The van der Waals surface area contributed by atoms with Crippen molar-refractivity contribution in [1.29, 1.82) is 0 Å². The third kappa shape index (κ3) is 6.33. The van der Waals surface area contributed by atoms with Crippen LogP contribution in [0.15, 0.2) is 84.9 Å². The first-order valence-electron chi connectivity index (χ1n) is 15.8. The Labute approximate surface area is 289 Å². The van der Waals surface area contributed by atoms with Gasteiger partial charge >= 0.3 is 0 Å². The largest absolute Gasteiger partial charge is 0.342 e. The highest BCUT2D eigenvalue weighted by Gasteiger charge is 2.35. The molecule has 3 heterocycles. The number of piperazine rings is 1. The number of benzene rings is 4. The van der Waals surface area contributed by atoms with E-state index in [1.807, 2.05) is 0 Å². The van der Waals surface area contributed by atoms with Gasteiger partial charge in [-0.2, -0.15) is 0 Å². The zero-order valence-electron chi connectivity index (χ0n) is 26.9. The molecule has 4 aromatic carbocycles. The van der Waals surface area contributed by atoms with Gasteiger partial charge < -0.3 is 21.3 Å². The van der Waals surface area contributed by atoms with E-state index in [0.29, 0.717) is 11.4 Å². The number of hydrogen-bond donors (Lipinski definition) is 5. The molecule has 7 rings (SSSR count). The Morgan fingerprint density at radius 3 is 1.51 bits per heavy atom. The average molecular weight is 685 g/mol. The van der Waals surface area contributed by atoms with Gasteiger partial charge in [-0.15, -0.1) is 0 Å². The number of carbonyl (C=O) groups excluding carboxylic acids is 8. The molecule has 4 aromatic rings. The third-order valence-corrected chi connectivity index (χ3v) is 8.92. The van der Waals surface area contributed by atoms with Crippen molar-refractivity contribution in [3.8, 4) is 0 Å². The second-order valence-corrected chi connectivity index (χ2v) is 12.3. The van der Waals surface area contributed by atoms with Gasteiger partial charge in [0.1, 0.15) is 12.1 Å². The first kappa shape index (κ1) is 32.6. The zero-order chi connectivity index (χ0) is 36.0. The third-order valence-electron chi connectivity index (χ3n) is 8.92. The molecule has 1 saturated heterocycles. The lowest BCUT2D eigenvalue weighted by atomic mass is 9.98. The summed E-state index contributed by atoms with van der Waals surface area (Å²) in [6, 6.07) is 20.5. The summed E-state index contributed by atoms with van der Waals surface area (Å²) >= 11 is 0. The summed E-state index contributed by atoms with van der Waals surface area (Å²) in [6.45, 7) is 0. The highest BCUT2D eigenvalue weighted by Crippen LogP contribution is 2.24. The van der Waals surface area contributed by atoms with E-state index in [2.05, 4.69) is 26.6 Å². The Hall–Kier alpha value is -6.96. The fourth-order valence-corrected chi connectivity index (χ4v) is 6.10. The summed E-state index contributed by atoms with van der Waals surface area (Å²) < 4.78 is 0. The standard InChI is InChI=1S/C37H28N6O8/c1-43-36(50)25-13-7-21(17-27(25)37(43)51)31(45)39-23-10-4-19(5-11-23)15-29-35(49)40-28(34(48)41-29)14-18-2-8-22(9-3-18)38-30(44)20-6-12-24-26(16-20)33(47)42-32(24)46/h2-13,16-17,28-29H,14-15H2,1H3,(H,38,44)(H,39,45)(H,40,49)(H,41,48)(H,42,46,47). The predicted octanol–water partition coefficient (Wildman–Crippen LogP) is 2.07. The maximum Gasteiger partial charge on any atom is 0.261 e. The number of hydrogen-bond acceptors (Lipinski definition) is 8. The molecule has 2 atom stereocenters. The predicted molar refractivity (Wildman–Crippen MR) is 181 cm³/mol. The molecule has 8 amide bonds. The van der Waals surface area contributed by atoms with Crippen LogP contribution in [0, 0.1) is 0 Å². The summed E-state index contributed by atoms with van der Waals surface area (Å²) in [7, 11) is 1.38. The van der Waals surface area contributed by atoms with Crippen molar-refractivity contribution in [3.63, 3.8) is 0 Å². The number of nitrogens with zero attached hydrogens (tertiary/aromatic N) is 1. The van der Waals surface area contributed by atoms with Crippen molar-refractivity contribution >= 4 is 58.6 Å². The Morgan fingerprint density at radius 1 is 0.569 bits per heavy atom. The molecule has 14 heteroatoms. The van der Waals surface area contributed by atoms with Gasteiger partial charge in [-0.3, -0.25) is 48.6 Å². The monoisotopic (exact) mass is 684 g/mol. The minimum atomic E-state index is -0.806. The van der Waals surface area contributed by atoms with Crippen LogP contribution in [0.25, 0.3) is 0 Å². The molecule has 0 spiro atoms. The normalized spacial score (nSPS) is 17.7. The van der Waals surface area contributed by atoms with E-state index < -0.39 is 47.5 Å². The lowest BCUT2D eigenvalue weighted by molar-refractivity contribution is -0.136. The van der Waals surface area contributed by atoms with Crippen molar-refractivity contribution in [3.05, 3.63) is 129 Å². The Kier molecular flexibility index (Phi) is 8.19. The number of amides is 8. The van der Waals surface area contributed by atoms with Crippen molar-refractivity contribution in [1.82, 2.24) is 20.9 Å². The molecule has 1 fully saturated rings. The molecule has 0 saturated carbocycles. The quantitative estimate of drug-likeness (QED) is 0.174. The molecule has 5 N–H and O–H groups in total. The lowest BCUT2D eigenvalue weighted by Gasteiger charge is -2.30. The number of imide groups is 2. The van der Waals surface area contributed by atoms with Gasteiger partial charge in [-0.05, 0) is 71.8 Å². The molecule has 0 bridgehead atoms. The fraction of sp³-hybridized carbons (Fsp3) is 0.135. The van der Waals surface area contributed by atoms with E-state index in [0.717, 1.165) is 16.0 Å². The van der Waals surface area contributed by atoms with Crippen LogP contribution in [0.3, 0.4) is 0 Å². The molecule has 0 aromatic heterocycles. The van der Waals surface area contributed by atoms with Gasteiger partial charge in [0.05, 0.1) is 22.3 Å². The molecule has 3 aliphatic heterocycles. The molecular weight excluding hydrogens is 656 g/mol. The van der Waals surface area contributed by atoms with Crippen molar-refractivity contribution in [2.45, 2.75) is 24.9 Å². The first-order valence-corrected chi connectivity index (χ1v) is 15.8. The van der Waals surface area contributed by atoms with Crippen molar-refractivity contribution in [2.24, 2.45) is 0 Å². The van der Waals surface area contributed by atoms with E-state index in [1.54, 1.807) is 48.5 Å². The van der Waals surface area contributed by atoms with Crippen LogP contribution in [0.1, 0.15) is 73.3 Å². The van der Waals surface area contributed by atoms with Gasteiger partial charge in [0.15, 0.2) is 0 Å². The van der Waals surface area contributed by atoms with E-state index in [9.17, 15) is 38.4 Å². The molecule has 0 radical (unpaired) electrons. The topological polar surface area (TPSA) is 200 Å². The van der Waals surface area contributed by atoms with Crippen LogP contribution in [0.4, 0.5) is 11.4 Å². The van der Waals surface area contributed by atoms with Crippen molar-refractivity contribution in [2.75, 3.05) is 17.7 Å². The van der Waals surface area contributed by atoms with Crippen LogP contribution in [-0.2, 0) is 22.4 Å². The molecule has 2 unspecified atom stereocenters. The number of fused-ring (bicyclic) bond motifs is 2. The van der Waals surface area contributed by atoms with Crippen LogP contribution in [0.2, 0.25) is 0 Å². The lowest BCUT2D eigenvalue weighted by Crippen LogP contribution is -2.62.